The number of hydrogen-bond acceptors (Lipinski definition) is 3. The monoisotopic (exact) mass is 144 g/mol. The Kier molecular flexibility index (Phi) is 2.01. The largest absolute Gasteiger partial charge is 0.481 e. The van der Waals surface area contributed by atoms with Crippen molar-refractivity contribution in [1.82, 2.24) is 0 Å². The number of carbonyl (C=O) groups excluding carboxylic acids is 1. The zero-order chi connectivity index (χ0) is 7.56. The van der Waals surface area contributed by atoms with Crippen LogP contribution < -0.4 is 0 Å². The standard InChI is InChI=1S/C6H8O4/c7-5-1-2-10-3-4(5)6(8)9/h4H,1-3H2,(H,8,9)/t4-/m1/s1. The van der Waals surface area contributed by atoms with E-state index in [1.807, 2.05) is 0 Å². The maximum Gasteiger partial charge on any atom is 0.316 e. The van der Waals surface area contributed by atoms with E-state index < -0.39 is 11.9 Å². The van der Waals surface area contributed by atoms with Gasteiger partial charge in [0.25, 0.3) is 0 Å². The lowest BCUT2D eigenvalue weighted by atomic mass is 10.0. The van der Waals surface area contributed by atoms with Crippen molar-refractivity contribution >= 4 is 11.8 Å². The smallest absolute Gasteiger partial charge is 0.316 e. The van der Waals surface area contributed by atoms with E-state index in [4.69, 9.17) is 9.84 Å². The highest BCUT2D eigenvalue weighted by Crippen LogP contribution is 2.08. The number of Topliss-reactive ketones (excluding diaryl/α,β-unsaturated/α-hetero) is 1. The SMILES string of the molecule is O=C(O)[C@@H]1COCCC1=O. The van der Waals surface area contributed by atoms with E-state index in [-0.39, 0.29) is 18.8 Å². The molecule has 0 saturated carbocycles. The maximum atomic E-state index is 10.8. The van der Waals surface area contributed by atoms with Crippen molar-refractivity contribution in [2.24, 2.45) is 5.92 Å². The Balaban J connectivity index is 2.56. The summed E-state index contributed by atoms with van der Waals surface area (Å²) in [5, 5.41) is 8.41. The van der Waals surface area contributed by atoms with E-state index in [0.29, 0.717) is 6.61 Å². The Labute approximate surface area is 57.8 Å². The molecule has 1 saturated heterocycles. The van der Waals surface area contributed by atoms with Crippen molar-refractivity contribution in [2.45, 2.75) is 6.42 Å². The summed E-state index contributed by atoms with van der Waals surface area (Å²) >= 11 is 0. The second-order valence-electron chi connectivity index (χ2n) is 2.18. The van der Waals surface area contributed by atoms with Crippen LogP contribution in [-0.2, 0) is 14.3 Å². The van der Waals surface area contributed by atoms with Gasteiger partial charge in [-0.1, -0.05) is 0 Å². The fraction of sp³-hybridized carbons (Fsp3) is 0.667. The average molecular weight is 144 g/mol. The molecule has 1 heterocycles. The number of ketones is 1. The Morgan fingerprint density at radius 2 is 2.40 bits per heavy atom. The molecule has 1 atom stereocenters. The number of ether oxygens (including phenoxy) is 1. The minimum absolute atomic E-state index is 0.0359. The zero-order valence-electron chi connectivity index (χ0n) is 5.37. The van der Waals surface area contributed by atoms with Crippen LogP contribution in [-0.4, -0.2) is 30.1 Å². The molecule has 10 heavy (non-hydrogen) atoms. The van der Waals surface area contributed by atoms with E-state index in [0.717, 1.165) is 0 Å². The fourth-order valence-electron chi connectivity index (χ4n) is 0.850. The lowest BCUT2D eigenvalue weighted by molar-refractivity contribution is -0.152. The predicted octanol–water partition coefficient (Wildman–Crippen LogP) is -0.323. The molecule has 4 heteroatoms. The highest BCUT2D eigenvalue weighted by atomic mass is 16.5. The molecule has 1 aliphatic rings. The zero-order valence-corrected chi connectivity index (χ0v) is 5.37. The van der Waals surface area contributed by atoms with Crippen molar-refractivity contribution in [2.75, 3.05) is 13.2 Å². The van der Waals surface area contributed by atoms with Gasteiger partial charge in [0.05, 0.1) is 13.2 Å². The molecular formula is C6H8O4. The van der Waals surface area contributed by atoms with Gasteiger partial charge in [-0.25, -0.2) is 0 Å². The molecule has 4 nitrogen and oxygen atoms in total. The lowest BCUT2D eigenvalue weighted by Gasteiger charge is -2.16. The first-order valence-corrected chi connectivity index (χ1v) is 3.05. The number of aliphatic carboxylic acids is 1. The van der Waals surface area contributed by atoms with Gasteiger partial charge in [0.1, 0.15) is 5.92 Å². The van der Waals surface area contributed by atoms with Crippen LogP contribution in [0.4, 0.5) is 0 Å². The minimum atomic E-state index is -1.08. The van der Waals surface area contributed by atoms with Crippen LogP contribution in [0, 0.1) is 5.92 Å². The summed E-state index contributed by atoms with van der Waals surface area (Å²) in [5.41, 5.74) is 0. The predicted molar refractivity (Wildman–Crippen MR) is 31.6 cm³/mol. The highest BCUT2D eigenvalue weighted by molar-refractivity contribution is 5.98. The molecule has 0 aliphatic carbocycles. The minimum Gasteiger partial charge on any atom is -0.481 e. The van der Waals surface area contributed by atoms with Crippen LogP contribution in [0.3, 0.4) is 0 Å². The van der Waals surface area contributed by atoms with Crippen molar-refractivity contribution < 1.29 is 19.4 Å². The first kappa shape index (κ1) is 7.21. The van der Waals surface area contributed by atoms with Crippen LogP contribution in [0.2, 0.25) is 0 Å². The Bertz CT molecular complexity index is 163. The normalized spacial score (nSPS) is 26.4. The topological polar surface area (TPSA) is 63.6 Å². The summed E-state index contributed by atoms with van der Waals surface area (Å²) in [6, 6.07) is 0. The van der Waals surface area contributed by atoms with E-state index in [1.54, 1.807) is 0 Å². The van der Waals surface area contributed by atoms with Crippen LogP contribution in [0.5, 0.6) is 0 Å². The molecule has 0 radical (unpaired) electrons. The summed E-state index contributed by atoms with van der Waals surface area (Å²) < 4.78 is 4.81. The molecule has 0 spiro atoms. The van der Waals surface area contributed by atoms with Gasteiger partial charge in [-0.05, 0) is 0 Å². The summed E-state index contributed by atoms with van der Waals surface area (Å²) in [6.07, 6.45) is 0.233. The maximum absolute atomic E-state index is 10.8. The highest BCUT2D eigenvalue weighted by Gasteiger charge is 2.28. The molecule has 0 amide bonds. The van der Waals surface area contributed by atoms with E-state index >= 15 is 0 Å². The van der Waals surface area contributed by atoms with Gasteiger partial charge in [-0.2, -0.15) is 0 Å². The number of rotatable bonds is 1. The molecule has 56 valence electrons. The van der Waals surface area contributed by atoms with Crippen molar-refractivity contribution in [3.63, 3.8) is 0 Å². The molecule has 0 bridgehead atoms. The summed E-state index contributed by atoms with van der Waals surface area (Å²) in [7, 11) is 0. The molecule has 0 aromatic rings. The van der Waals surface area contributed by atoms with Gasteiger partial charge >= 0.3 is 5.97 Å². The summed E-state index contributed by atoms with van der Waals surface area (Å²) in [5.74, 6) is -2.22. The average Bonchev–Trinajstić information content (AvgIpc) is 1.88. The Morgan fingerprint density at radius 3 is 2.80 bits per heavy atom. The quantitative estimate of drug-likeness (QED) is 0.512. The van der Waals surface area contributed by atoms with Crippen molar-refractivity contribution in [1.29, 1.82) is 0 Å². The molecule has 1 N–H and O–H groups in total. The van der Waals surface area contributed by atoms with Crippen LogP contribution in [0.15, 0.2) is 0 Å². The summed E-state index contributed by atoms with van der Waals surface area (Å²) in [6.45, 7) is 0.400. The summed E-state index contributed by atoms with van der Waals surface area (Å²) in [4.78, 5) is 21.0. The van der Waals surface area contributed by atoms with Gasteiger partial charge in [0.15, 0.2) is 5.78 Å². The second-order valence-corrected chi connectivity index (χ2v) is 2.18. The molecule has 0 aromatic carbocycles. The lowest BCUT2D eigenvalue weighted by Crippen LogP contribution is -2.33. The van der Waals surface area contributed by atoms with Gasteiger partial charge in [0.2, 0.25) is 0 Å². The van der Waals surface area contributed by atoms with Crippen molar-refractivity contribution in [3.8, 4) is 0 Å². The molecule has 1 aliphatic heterocycles. The van der Waals surface area contributed by atoms with Crippen molar-refractivity contribution in [3.05, 3.63) is 0 Å². The van der Waals surface area contributed by atoms with Crippen LogP contribution in [0.1, 0.15) is 6.42 Å². The van der Waals surface area contributed by atoms with E-state index in [1.165, 1.54) is 0 Å². The van der Waals surface area contributed by atoms with Gasteiger partial charge in [-0.15, -0.1) is 0 Å². The first-order chi connectivity index (χ1) is 4.72. The van der Waals surface area contributed by atoms with E-state index in [2.05, 4.69) is 0 Å². The molecule has 0 unspecified atom stereocenters. The molecule has 1 rings (SSSR count). The third-order valence-electron chi connectivity index (χ3n) is 1.46. The fourth-order valence-corrected chi connectivity index (χ4v) is 0.850. The van der Waals surface area contributed by atoms with Crippen LogP contribution >= 0.6 is 0 Å². The van der Waals surface area contributed by atoms with Gasteiger partial charge < -0.3 is 9.84 Å². The molecular weight excluding hydrogens is 136 g/mol. The third-order valence-corrected chi connectivity index (χ3v) is 1.46. The number of hydrogen-bond donors (Lipinski definition) is 1. The second kappa shape index (κ2) is 2.79. The van der Waals surface area contributed by atoms with Crippen LogP contribution in [0.25, 0.3) is 0 Å². The van der Waals surface area contributed by atoms with E-state index in [9.17, 15) is 9.59 Å². The Hall–Kier alpha value is -0.900. The first-order valence-electron chi connectivity index (χ1n) is 3.05. The number of carboxylic acids is 1. The third kappa shape index (κ3) is 1.33. The molecule has 1 fully saturated rings. The number of carbonyl (C=O) groups is 2. The molecule has 0 aromatic heterocycles. The van der Waals surface area contributed by atoms with Gasteiger partial charge in [-0.3, -0.25) is 9.59 Å². The number of carboxylic acid groups (broad SMARTS) is 1. The van der Waals surface area contributed by atoms with Gasteiger partial charge in [0, 0.05) is 6.42 Å². The Morgan fingerprint density at radius 1 is 1.70 bits per heavy atom.